The Bertz CT molecular complexity index is 381. The van der Waals surface area contributed by atoms with Crippen molar-refractivity contribution >= 4 is 5.97 Å². The van der Waals surface area contributed by atoms with E-state index in [1.807, 2.05) is 6.07 Å². The molecule has 78 valence electrons. The normalized spacial score (nSPS) is 11.5. The molecule has 1 rings (SSSR count). The fourth-order valence-corrected chi connectivity index (χ4v) is 1.14. The number of hydrogen-bond donors (Lipinski definition) is 0. The SMILES string of the molecule is CCOC(=O)[C@@H](C#N)c1ccc(F)cc1. The number of ether oxygens (including phenoxy) is 1. The Morgan fingerprint density at radius 1 is 1.53 bits per heavy atom. The number of esters is 1. The summed E-state index contributed by atoms with van der Waals surface area (Å²) >= 11 is 0. The van der Waals surface area contributed by atoms with Crippen molar-refractivity contribution in [3.63, 3.8) is 0 Å². The van der Waals surface area contributed by atoms with E-state index in [1.54, 1.807) is 6.92 Å². The van der Waals surface area contributed by atoms with Crippen LogP contribution in [0.5, 0.6) is 0 Å². The maximum atomic E-state index is 12.6. The number of halogens is 1. The zero-order valence-corrected chi connectivity index (χ0v) is 8.24. The number of nitriles is 1. The van der Waals surface area contributed by atoms with Crippen molar-refractivity contribution in [3.05, 3.63) is 35.6 Å². The van der Waals surface area contributed by atoms with E-state index in [9.17, 15) is 9.18 Å². The summed E-state index contributed by atoms with van der Waals surface area (Å²) in [5.74, 6) is -1.99. The van der Waals surface area contributed by atoms with Crippen molar-refractivity contribution in [2.45, 2.75) is 12.8 Å². The van der Waals surface area contributed by atoms with Crippen molar-refractivity contribution in [2.24, 2.45) is 0 Å². The standard InChI is InChI=1S/C11H10FNO2/c1-2-15-11(14)10(7-13)8-3-5-9(12)6-4-8/h3-6,10H,2H2,1H3/t10-/m0/s1. The van der Waals surface area contributed by atoms with Crippen LogP contribution >= 0.6 is 0 Å². The number of carbonyl (C=O) groups is 1. The van der Waals surface area contributed by atoms with Crippen LogP contribution in [0.3, 0.4) is 0 Å². The molecule has 0 saturated heterocycles. The highest BCUT2D eigenvalue weighted by molar-refractivity contribution is 5.81. The van der Waals surface area contributed by atoms with E-state index in [4.69, 9.17) is 10.00 Å². The summed E-state index contributed by atoms with van der Waals surface area (Å²) < 4.78 is 17.3. The molecular weight excluding hydrogens is 197 g/mol. The van der Waals surface area contributed by atoms with Crippen molar-refractivity contribution in [1.82, 2.24) is 0 Å². The van der Waals surface area contributed by atoms with Crippen molar-refractivity contribution < 1.29 is 13.9 Å². The zero-order valence-electron chi connectivity index (χ0n) is 8.24. The second-order valence-corrected chi connectivity index (χ2v) is 2.87. The second-order valence-electron chi connectivity index (χ2n) is 2.87. The predicted molar refractivity (Wildman–Crippen MR) is 51.4 cm³/mol. The first-order valence-corrected chi connectivity index (χ1v) is 4.50. The minimum atomic E-state index is -0.981. The molecule has 3 nitrogen and oxygen atoms in total. The van der Waals surface area contributed by atoms with Gasteiger partial charge in [-0.3, -0.25) is 4.79 Å². The summed E-state index contributed by atoms with van der Waals surface area (Å²) in [5, 5.41) is 8.80. The van der Waals surface area contributed by atoms with Gasteiger partial charge in [-0.2, -0.15) is 5.26 Å². The molecule has 0 aromatic heterocycles. The van der Waals surface area contributed by atoms with Gasteiger partial charge in [-0.25, -0.2) is 4.39 Å². The molecule has 0 fully saturated rings. The lowest BCUT2D eigenvalue weighted by Gasteiger charge is -2.07. The molecule has 0 aliphatic heterocycles. The third-order valence-corrected chi connectivity index (χ3v) is 1.85. The lowest BCUT2D eigenvalue weighted by atomic mass is 10.0. The zero-order chi connectivity index (χ0) is 11.3. The van der Waals surface area contributed by atoms with E-state index < -0.39 is 17.7 Å². The topological polar surface area (TPSA) is 50.1 Å². The van der Waals surface area contributed by atoms with Crippen molar-refractivity contribution in [1.29, 1.82) is 5.26 Å². The van der Waals surface area contributed by atoms with Crippen LogP contribution in [-0.2, 0) is 9.53 Å². The van der Waals surface area contributed by atoms with E-state index in [-0.39, 0.29) is 6.61 Å². The maximum Gasteiger partial charge on any atom is 0.327 e. The van der Waals surface area contributed by atoms with Gasteiger partial charge in [-0.05, 0) is 24.6 Å². The Morgan fingerprint density at radius 3 is 2.60 bits per heavy atom. The smallest absolute Gasteiger partial charge is 0.327 e. The van der Waals surface area contributed by atoms with E-state index in [0.29, 0.717) is 5.56 Å². The lowest BCUT2D eigenvalue weighted by Crippen LogP contribution is -2.14. The van der Waals surface area contributed by atoms with Gasteiger partial charge in [0.2, 0.25) is 0 Å². The summed E-state index contributed by atoms with van der Waals surface area (Å²) in [5.41, 5.74) is 0.442. The van der Waals surface area contributed by atoms with E-state index in [0.717, 1.165) is 0 Å². The molecule has 0 aliphatic rings. The Kier molecular flexibility index (Phi) is 3.81. The Morgan fingerprint density at radius 2 is 2.13 bits per heavy atom. The summed E-state index contributed by atoms with van der Waals surface area (Å²) in [6.45, 7) is 1.88. The maximum absolute atomic E-state index is 12.6. The molecule has 0 N–H and O–H groups in total. The molecule has 0 radical (unpaired) electrons. The van der Waals surface area contributed by atoms with Gasteiger partial charge in [-0.15, -0.1) is 0 Å². The molecule has 0 aliphatic carbocycles. The van der Waals surface area contributed by atoms with E-state index >= 15 is 0 Å². The van der Waals surface area contributed by atoms with Crippen molar-refractivity contribution in [2.75, 3.05) is 6.61 Å². The highest BCUT2D eigenvalue weighted by Crippen LogP contribution is 2.16. The Balaban J connectivity index is 2.89. The van der Waals surface area contributed by atoms with Crippen LogP contribution in [0, 0.1) is 17.1 Å². The van der Waals surface area contributed by atoms with E-state index in [2.05, 4.69) is 0 Å². The summed E-state index contributed by atoms with van der Waals surface area (Å²) in [7, 11) is 0. The van der Waals surface area contributed by atoms with Crippen LogP contribution < -0.4 is 0 Å². The fourth-order valence-electron chi connectivity index (χ4n) is 1.14. The molecule has 0 spiro atoms. The summed E-state index contributed by atoms with van der Waals surface area (Å²) in [6, 6.07) is 7.05. The van der Waals surface area contributed by atoms with Crippen LogP contribution in [0.15, 0.2) is 24.3 Å². The average Bonchev–Trinajstić information content (AvgIpc) is 2.22. The van der Waals surface area contributed by atoms with E-state index in [1.165, 1.54) is 24.3 Å². The molecule has 4 heteroatoms. The third-order valence-electron chi connectivity index (χ3n) is 1.85. The highest BCUT2D eigenvalue weighted by Gasteiger charge is 2.21. The van der Waals surface area contributed by atoms with Crippen LogP contribution in [0.4, 0.5) is 4.39 Å². The number of benzene rings is 1. The quantitative estimate of drug-likeness (QED) is 0.712. The molecule has 0 saturated carbocycles. The van der Waals surface area contributed by atoms with Crippen LogP contribution in [0.1, 0.15) is 18.4 Å². The Hall–Kier alpha value is -1.89. The minimum Gasteiger partial charge on any atom is -0.465 e. The number of carbonyl (C=O) groups excluding carboxylic acids is 1. The Labute approximate surface area is 87.1 Å². The van der Waals surface area contributed by atoms with Crippen LogP contribution in [0.25, 0.3) is 0 Å². The van der Waals surface area contributed by atoms with Gasteiger partial charge in [-0.1, -0.05) is 12.1 Å². The number of nitrogens with zero attached hydrogens (tertiary/aromatic N) is 1. The third kappa shape index (κ3) is 2.78. The first kappa shape index (κ1) is 11.2. The second kappa shape index (κ2) is 5.11. The fraction of sp³-hybridized carbons (Fsp3) is 0.273. The molecular formula is C11H10FNO2. The number of rotatable bonds is 3. The monoisotopic (exact) mass is 207 g/mol. The molecule has 0 unspecified atom stereocenters. The van der Waals surface area contributed by atoms with Crippen molar-refractivity contribution in [3.8, 4) is 6.07 Å². The van der Waals surface area contributed by atoms with Gasteiger partial charge in [0.05, 0.1) is 12.7 Å². The number of hydrogen-bond acceptors (Lipinski definition) is 3. The molecule has 0 bridgehead atoms. The summed E-state index contributed by atoms with van der Waals surface area (Å²) in [6.07, 6.45) is 0. The molecule has 1 atom stereocenters. The highest BCUT2D eigenvalue weighted by atomic mass is 19.1. The summed E-state index contributed by atoms with van der Waals surface area (Å²) in [4.78, 5) is 11.3. The average molecular weight is 207 g/mol. The largest absolute Gasteiger partial charge is 0.465 e. The van der Waals surface area contributed by atoms with Crippen LogP contribution in [0.2, 0.25) is 0 Å². The van der Waals surface area contributed by atoms with Gasteiger partial charge in [0.25, 0.3) is 0 Å². The molecule has 0 amide bonds. The van der Waals surface area contributed by atoms with Gasteiger partial charge < -0.3 is 4.74 Å². The predicted octanol–water partition coefficient (Wildman–Crippen LogP) is 2.00. The lowest BCUT2D eigenvalue weighted by molar-refractivity contribution is -0.143. The van der Waals surface area contributed by atoms with Gasteiger partial charge in [0, 0.05) is 0 Å². The first-order valence-electron chi connectivity index (χ1n) is 4.50. The van der Waals surface area contributed by atoms with Crippen LogP contribution in [-0.4, -0.2) is 12.6 Å². The van der Waals surface area contributed by atoms with Gasteiger partial charge in [0.15, 0.2) is 5.92 Å². The first-order chi connectivity index (χ1) is 7.19. The minimum absolute atomic E-state index is 0.220. The molecule has 0 heterocycles. The van der Waals surface area contributed by atoms with Gasteiger partial charge >= 0.3 is 5.97 Å². The molecule has 1 aromatic rings. The van der Waals surface area contributed by atoms with Gasteiger partial charge in [0.1, 0.15) is 5.82 Å². The molecule has 1 aromatic carbocycles. The molecule has 15 heavy (non-hydrogen) atoms.